The molecule has 0 fully saturated rings. The van der Waals surface area contributed by atoms with E-state index in [0.29, 0.717) is 5.95 Å². The van der Waals surface area contributed by atoms with E-state index in [1.54, 1.807) is 11.3 Å². The van der Waals surface area contributed by atoms with Crippen LogP contribution in [0.2, 0.25) is 0 Å². The van der Waals surface area contributed by atoms with E-state index in [0.717, 1.165) is 32.7 Å². The van der Waals surface area contributed by atoms with Gasteiger partial charge in [0.2, 0.25) is 5.95 Å². The summed E-state index contributed by atoms with van der Waals surface area (Å²) >= 11 is 1.66. The van der Waals surface area contributed by atoms with E-state index in [-0.39, 0.29) is 0 Å². The number of fused-ring (bicyclic) bond motifs is 1. The molecule has 0 aliphatic heterocycles. The minimum atomic E-state index is 0.494. The smallest absolute Gasteiger partial charge is 0.244 e. The van der Waals surface area contributed by atoms with Crippen molar-refractivity contribution >= 4 is 33.9 Å². The van der Waals surface area contributed by atoms with Crippen molar-refractivity contribution in [3.63, 3.8) is 0 Å². The van der Waals surface area contributed by atoms with E-state index in [9.17, 15) is 0 Å². The second-order valence-electron chi connectivity index (χ2n) is 5.57. The van der Waals surface area contributed by atoms with Crippen molar-refractivity contribution in [2.75, 3.05) is 5.43 Å². The molecule has 0 amide bonds. The Morgan fingerprint density at radius 2 is 1.72 bits per heavy atom. The zero-order valence-corrected chi connectivity index (χ0v) is 14.5. The maximum atomic E-state index is 4.70. The number of benzene rings is 2. The third-order valence-electron chi connectivity index (χ3n) is 3.85. The van der Waals surface area contributed by atoms with Crippen molar-refractivity contribution < 1.29 is 0 Å². The lowest BCUT2D eigenvalue weighted by Gasteiger charge is -2.08. The van der Waals surface area contributed by atoms with Crippen molar-refractivity contribution in [2.24, 2.45) is 5.10 Å². The summed E-state index contributed by atoms with van der Waals surface area (Å²) in [7, 11) is 0. The zero-order chi connectivity index (χ0) is 17.1. The molecule has 4 nitrogen and oxygen atoms in total. The second kappa shape index (κ2) is 6.83. The number of nitrogens with one attached hydrogen (secondary N) is 1. The summed E-state index contributed by atoms with van der Waals surface area (Å²) in [6, 6.07) is 22.2. The van der Waals surface area contributed by atoms with Crippen molar-refractivity contribution in [1.29, 1.82) is 0 Å². The van der Waals surface area contributed by atoms with Gasteiger partial charge in [0.1, 0.15) is 0 Å². The number of nitrogens with zero attached hydrogens (tertiary/aromatic N) is 3. The molecule has 4 aromatic rings. The molecule has 2 aromatic heterocycles. The molecule has 0 unspecified atom stereocenters. The fourth-order valence-electron chi connectivity index (χ4n) is 2.62. The Kier molecular flexibility index (Phi) is 4.23. The van der Waals surface area contributed by atoms with E-state index < -0.39 is 0 Å². The number of rotatable bonds is 4. The predicted octanol–water partition coefficient (Wildman–Crippen LogP) is 5.19. The molecule has 0 aliphatic rings. The molecule has 0 atom stereocenters. The summed E-state index contributed by atoms with van der Waals surface area (Å²) in [6.45, 7) is 1.97. The highest BCUT2D eigenvalue weighted by Crippen LogP contribution is 2.27. The number of para-hydroxylation sites is 1. The standard InChI is InChI=1S/C20H16N4S/c1-14(18-12-7-13-25-18)23-24-20-21-17-11-6-5-10-16(17)19(22-20)15-8-3-2-4-9-15/h2-13H,1H3,(H,21,22,24)/b23-14+. The number of anilines is 1. The molecule has 0 spiro atoms. The Morgan fingerprint density at radius 1 is 0.920 bits per heavy atom. The van der Waals surface area contributed by atoms with Crippen LogP contribution in [0.15, 0.2) is 77.2 Å². The quantitative estimate of drug-likeness (QED) is 0.409. The lowest BCUT2D eigenvalue weighted by Crippen LogP contribution is -2.02. The molecule has 0 saturated heterocycles. The molecule has 25 heavy (non-hydrogen) atoms. The van der Waals surface area contributed by atoms with Crippen LogP contribution in [0, 0.1) is 0 Å². The number of hydrogen-bond donors (Lipinski definition) is 1. The van der Waals surface area contributed by atoms with E-state index in [4.69, 9.17) is 4.98 Å². The topological polar surface area (TPSA) is 50.2 Å². The Labute approximate surface area is 149 Å². The van der Waals surface area contributed by atoms with E-state index in [1.807, 2.05) is 66.9 Å². The van der Waals surface area contributed by atoms with Crippen LogP contribution in [-0.4, -0.2) is 15.7 Å². The van der Waals surface area contributed by atoms with Gasteiger partial charge >= 0.3 is 0 Å². The van der Waals surface area contributed by atoms with Crippen LogP contribution in [0.25, 0.3) is 22.2 Å². The summed E-state index contributed by atoms with van der Waals surface area (Å²) in [4.78, 5) is 10.4. The predicted molar refractivity (Wildman–Crippen MR) is 105 cm³/mol. The van der Waals surface area contributed by atoms with Gasteiger partial charge in [-0.15, -0.1) is 11.3 Å². The first kappa shape index (κ1) is 15.5. The van der Waals surface area contributed by atoms with Crippen molar-refractivity contribution in [1.82, 2.24) is 9.97 Å². The third kappa shape index (κ3) is 3.27. The van der Waals surface area contributed by atoms with Crippen LogP contribution in [-0.2, 0) is 0 Å². The lowest BCUT2D eigenvalue weighted by atomic mass is 10.1. The fourth-order valence-corrected chi connectivity index (χ4v) is 3.29. The maximum absolute atomic E-state index is 4.70. The second-order valence-corrected chi connectivity index (χ2v) is 6.51. The first-order valence-electron chi connectivity index (χ1n) is 7.97. The van der Waals surface area contributed by atoms with Crippen molar-refractivity contribution in [2.45, 2.75) is 6.92 Å². The molecule has 0 saturated carbocycles. The monoisotopic (exact) mass is 344 g/mol. The minimum absolute atomic E-state index is 0.494. The van der Waals surface area contributed by atoms with Crippen LogP contribution in [0.4, 0.5) is 5.95 Å². The van der Waals surface area contributed by atoms with Gasteiger partial charge in [0.05, 0.1) is 16.9 Å². The average molecular weight is 344 g/mol. The van der Waals surface area contributed by atoms with Gasteiger partial charge in [-0.1, -0.05) is 54.6 Å². The normalized spacial score (nSPS) is 11.6. The molecule has 0 radical (unpaired) electrons. The zero-order valence-electron chi connectivity index (χ0n) is 13.7. The summed E-state index contributed by atoms with van der Waals surface area (Å²) in [5.74, 6) is 0.494. The van der Waals surface area contributed by atoms with Crippen molar-refractivity contribution in [3.8, 4) is 11.3 Å². The Bertz CT molecular complexity index is 1020. The van der Waals surface area contributed by atoms with E-state index in [1.165, 1.54) is 0 Å². The molecule has 4 rings (SSSR count). The molecule has 122 valence electrons. The van der Waals surface area contributed by atoms with Crippen LogP contribution in [0.5, 0.6) is 0 Å². The van der Waals surface area contributed by atoms with Crippen LogP contribution >= 0.6 is 11.3 Å². The van der Waals surface area contributed by atoms with Crippen LogP contribution < -0.4 is 5.43 Å². The highest BCUT2D eigenvalue weighted by molar-refractivity contribution is 7.12. The van der Waals surface area contributed by atoms with E-state index in [2.05, 4.69) is 27.6 Å². The molecule has 2 aromatic carbocycles. The first-order chi connectivity index (χ1) is 12.3. The summed E-state index contributed by atoms with van der Waals surface area (Å²) in [5.41, 5.74) is 6.77. The maximum Gasteiger partial charge on any atom is 0.244 e. The molecule has 0 aliphatic carbocycles. The van der Waals surface area contributed by atoms with Gasteiger partial charge in [0.25, 0.3) is 0 Å². The van der Waals surface area contributed by atoms with Gasteiger partial charge < -0.3 is 0 Å². The average Bonchev–Trinajstić information content (AvgIpc) is 3.21. The van der Waals surface area contributed by atoms with Gasteiger partial charge in [0, 0.05) is 15.8 Å². The fraction of sp³-hybridized carbons (Fsp3) is 0.0500. The van der Waals surface area contributed by atoms with Crippen LogP contribution in [0.3, 0.4) is 0 Å². The number of hydrazone groups is 1. The van der Waals surface area contributed by atoms with Gasteiger partial charge in [-0.05, 0) is 24.4 Å². The van der Waals surface area contributed by atoms with Gasteiger partial charge in [0.15, 0.2) is 0 Å². The van der Waals surface area contributed by atoms with Gasteiger partial charge in [-0.2, -0.15) is 5.10 Å². The molecule has 2 heterocycles. The number of aromatic nitrogens is 2. The molecule has 0 bridgehead atoms. The molecular formula is C20H16N4S. The SMILES string of the molecule is C/C(=N\Nc1nc(-c2ccccc2)c2ccccc2n1)c1cccs1. The summed E-state index contributed by atoms with van der Waals surface area (Å²) < 4.78 is 0. The molecule has 1 N–H and O–H groups in total. The largest absolute Gasteiger partial charge is 0.245 e. The van der Waals surface area contributed by atoms with E-state index >= 15 is 0 Å². The lowest BCUT2D eigenvalue weighted by molar-refractivity contribution is 1.15. The first-order valence-corrected chi connectivity index (χ1v) is 8.85. The van der Waals surface area contributed by atoms with Crippen LogP contribution in [0.1, 0.15) is 11.8 Å². The number of thiophene rings is 1. The Hall–Kier alpha value is -3.05. The Balaban J connectivity index is 1.76. The number of hydrogen-bond acceptors (Lipinski definition) is 5. The Morgan fingerprint density at radius 3 is 2.52 bits per heavy atom. The van der Waals surface area contributed by atoms with Gasteiger partial charge in [-0.3, -0.25) is 0 Å². The highest BCUT2D eigenvalue weighted by Gasteiger charge is 2.09. The summed E-state index contributed by atoms with van der Waals surface area (Å²) in [5, 5.41) is 7.49. The van der Waals surface area contributed by atoms with Gasteiger partial charge in [-0.25, -0.2) is 15.4 Å². The highest BCUT2D eigenvalue weighted by atomic mass is 32.1. The third-order valence-corrected chi connectivity index (χ3v) is 4.83. The molecular weight excluding hydrogens is 328 g/mol. The molecule has 5 heteroatoms. The summed E-state index contributed by atoms with van der Waals surface area (Å²) in [6.07, 6.45) is 0. The van der Waals surface area contributed by atoms with Crippen molar-refractivity contribution in [3.05, 3.63) is 77.0 Å². The minimum Gasteiger partial charge on any atom is -0.245 e.